The summed E-state index contributed by atoms with van der Waals surface area (Å²) in [6.07, 6.45) is 2.56. The molecule has 0 aliphatic heterocycles. The molecule has 0 fully saturated rings. The number of rotatable bonds is 5. The molecule has 1 N–H and O–H groups in total. The molecule has 21 heavy (non-hydrogen) atoms. The van der Waals surface area contributed by atoms with E-state index in [1.54, 1.807) is 6.33 Å². The highest BCUT2D eigenvalue weighted by Crippen LogP contribution is 2.32. The molecule has 0 saturated carbocycles. The Morgan fingerprint density at radius 2 is 1.95 bits per heavy atom. The van der Waals surface area contributed by atoms with E-state index in [1.165, 1.54) is 12.1 Å². The van der Waals surface area contributed by atoms with Crippen molar-refractivity contribution in [1.29, 1.82) is 0 Å². The normalized spacial score (nSPS) is 11.0. The van der Waals surface area contributed by atoms with Crippen LogP contribution in [0, 0.1) is 12.7 Å². The molecular formula is C17H22FN3. The molecule has 2 rings (SSSR count). The van der Waals surface area contributed by atoms with Crippen LogP contribution in [-0.4, -0.2) is 16.5 Å². The molecule has 4 heteroatoms. The fourth-order valence-electron chi connectivity index (χ4n) is 2.43. The summed E-state index contributed by atoms with van der Waals surface area (Å²) in [5.41, 5.74) is 3.54. The first-order valence-electron chi connectivity index (χ1n) is 7.39. The standard InChI is InChI=1S/C17H22FN3/c1-5-6-19-17-15(11(2)3)16(20-10-21-17)13-7-12(4)8-14(18)9-13/h7-11H,5-6H2,1-4H3,(H,19,20,21). The van der Waals surface area contributed by atoms with Gasteiger partial charge in [0.2, 0.25) is 0 Å². The number of aromatic nitrogens is 2. The Morgan fingerprint density at radius 1 is 1.19 bits per heavy atom. The molecule has 0 amide bonds. The second-order valence-corrected chi connectivity index (χ2v) is 5.58. The van der Waals surface area contributed by atoms with Gasteiger partial charge in [-0.1, -0.05) is 20.8 Å². The first kappa shape index (κ1) is 15.4. The number of nitrogens with zero attached hydrogens (tertiary/aromatic N) is 2. The van der Waals surface area contributed by atoms with Crippen LogP contribution < -0.4 is 5.32 Å². The van der Waals surface area contributed by atoms with Gasteiger partial charge < -0.3 is 5.32 Å². The largest absolute Gasteiger partial charge is 0.370 e. The third-order valence-corrected chi connectivity index (χ3v) is 3.32. The molecule has 1 heterocycles. The van der Waals surface area contributed by atoms with E-state index >= 15 is 0 Å². The average Bonchev–Trinajstić information content (AvgIpc) is 2.43. The molecule has 0 aliphatic rings. The minimum atomic E-state index is -0.235. The summed E-state index contributed by atoms with van der Waals surface area (Å²) in [5, 5.41) is 3.34. The summed E-state index contributed by atoms with van der Waals surface area (Å²) in [5.74, 6) is 0.865. The van der Waals surface area contributed by atoms with Crippen LogP contribution >= 0.6 is 0 Å². The average molecular weight is 287 g/mol. The molecule has 0 saturated heterocycles. The zero-order valence-electron chi connectivity index (χ0n) is 13.1. The fraction of sp³-hybridized carbons (Fsp3) is 0.412. The summed E-state index contributed by atoms with van der Waals surface area (Å²) in [4.78, 5) is 8.76. The van der Waals surface area contributed by atoms with Crippen molar-refractivity contribution in [3.05, 3.63) is 41.5 Å². The zero-order valence-corrected chi connectivity index (χ0v) is 13.1. The molecule has 0 radical (unpaired) electrons. The van der Waals surface area contributed by atoms with Gasteiger partial charge in [-0.3, -0.25) is 0 Å². The monoisotopic (exact) mass is 287 g/mol. The van der Waals surface area contributed by atoms with Crippen LogP contribution in [-0.2, 0) is 0 Å². The van der Waals surface area contributed by atoms with Crippen molar-refractivity contribution in [3.63, 3.8) is 0 Å². The number of halogens is 1. The molecule has 0 aliphatic carbocycles. The van der Waals surface area contributed by atoms with Gasteiger partial charge in [-0.25, -0.2) is 14.4 Å². The van der Waals surface area contributed by atoms with Crippen molar-refractivity contribution < 1.29 is 4.39 Å². The maximum atomic E-state index is 13.7. The van der Waals surface area contributed by atoms with Crippen molar-refractivity contribution in [1.82, 2.24) is 9.97 Å². The minimum Gasteiger partial charge on any atom is -0.370 e. The Bertz CT molecular complexity index is 603. The van der Waals surface area contributed by atoms with Crippen molar-refractivity contribution in [2.75, 3.05) is 11.9 Å². The first-order chi connectivity index (χ1) is 10.0. The highest BCUT2D eigenvalue weighted by atomic mass is 19.1. The molecule has 3 nitrogen and oxygen atoms in total. The molecule has 0 unspecified atom stereocenters. The molecule has 1 aromatic carbocycles. The lowest BCUT2D eigenvalue weighted by Crippen LogP contribution is -2.09. The predicted octanol–water partition coefficient (Wildman–Crippen LogP) is 4.54. The second kappa shape index (κ2) is 6.66. The number of hydrogen-bond acceptors (Lipinski definition) is 3. The van der Waals surface area contributed by atoms with E-state index in [2.05, 4.69) is 36.1 Å². The molecule has 0 atom stereocenters. The van der Waals surface area contributed by atoms with Crippen molar-refractivity contribution in [3.8, 4) is 11.3 Å². The lowest BCUT2D eigenvalue weighted by molar-refractivity contribution is 0.627. The number of anilines is 1. The van der Waals surface area contributed by atoms with Crippen molar-refractivity contribution >= 4 is 5.82 Å². The number of benzene rings is 1. The highest BCUT2D eigenvalue weighted by Gasteiger charge is 2.16. The quantitative estimate of drug-likeness (QED) is 0.877. The Hall–Kier alpha value is -1.97. The summed E-state index contributed by atoms with van der Waals surface area (Å²) in [6, 6.07) is 5.02. The topological polar surface area (TPSA) is 37.8 Å². The Labute approximate surface area is 125 Å². The van der Waals surface area contributed by atoms with Crippen LogP contribution in [0.3, 0.4) is 0 Å². The van der Waals surface area contributed by atoms with Gasteiger partial charge in [-0.15, -0.1) is 0 Å². The predicted molar refractivity (Wildman–Crippen MR) is 85.0 cm³/mol. The number of nitrogens with one attached hydrogen (secondary N) is 1. The molecule has 0 spiro atoms. The van der Waals surface area contributed by atoms with E-state index in [0.717, 1.165) is 41.2 Å². The van der Waals surface area contributed by atoms with Crippen LogP contribution in [0.5, 0.6) is 0 Å². The maximum absolute atomic E-state index is 13.7. The molecular weight excluding hydrogens is 265 g/mol. The van der Waals surface area contributed by atoms with E-state index in [-0.39, 0.29) is 11.7 Å². The summed E-state index contributed by atoms with van der Waals surface area (Å²) < 4.78 is 13.7. The van der Waals surface area contributed by atoms with Gasteiger partial charge in [0.05, 0.1) is 5.69 Å². The van der Waals surface area contributed by atoms with Gasteiger partial charge in [0.25, 0.3) is 0 Å². The van der Waals surface area contributed by atoms with Gasteiger partial charge >= 0.3 is 0 Å². The smallest absolute Gasteiger partial charge is 0.133 e. The molecule has 0 bridgehead atoms. The van der Waals surface area contributed by atoms with Gasteiger partial charge in [0, 0.05) is 17.7 Å². The van der Waals surface area contributed by atoms with E-state index < -0.39 is 0 Å². The second-order valence-electron chi connectivity index (χ2n) is 5.58. The van der Waals surface area contributed by atoms with Crippen LogP contribution in [0.25, 0.3) is 11.3 Å². The Kier molecular flexibility index (Phi) is 4.89. The van der Waals surface area contributed by atoms with Crippen LogP contribution in [0.2, 0.25) is 0 Å². The third kappa shape index (κ3) is 3.57. The van der Waals surface area contributed by atoms with Crippen molar-refractivity contribution in [2.24, 2.45) is 0 Å². The Morgan fingerprint density at radius 3 is 2.57 bits per heavy atom. The minimum absolute atomic E-state index is 0.235. The van der Waals surface area contributed by atoms with E-state index in [1.807, 2.05) is 13.0 Å². The van der Waals surface area contributed by atoms with E-state index in [9.17, 15) is 4.39 Å². The van der Waals surface area contributed by atoms with Crippen LogP contribution in [0.15, 0.2) is 24.5 Å². The zero-order chi connectivity index (χ0) is 15.4. The van der Waals surface area contributed by atoms with Gasteiger partial charge in [0.15, 0.2) is 0 Å². The number of hydrogen-bond donors (Lipinski definition) is 1. The highest BCUT2D eigenvalue weighted by molar-refractivity contribution is 5.69. The Balaban J connectivity index is 2.56. The van der Waals surface area contributed by atoms with Crippen molar-refractivity contribution in [2.45, 2.75) is 40.0 Å². The SMILES string of the molecule is CCCNc1ncnc(-c2cc(C)cc(F)c2)c1C(C)C. The summed E-state index contributed by atoms with van der Waals surface area (Å²) in [6.45, 7) is 9.06. The van der Waals surface area contributed by atoms with E-state index in [0.29, 0.717) is 0 Å². The molecule has 1 aromatic heterocycles. The first-order valence-corrected chi connectivity index (χ1v) is 7.39. The van der Waals surface area contributed by atoms with E-state index in [4.69, 9.17) is 0 Å². The molecule has 112 valence electrons. The maximum Gasteiger partial charge on any atom is 0.133 e. The lowest BCUT2D eigenvalue weighted by atomic mass is 9.96. The van der Waals surface area contributed by atoms with Crippen LogP contribution in [0.4, 0.5) is 10.2 Å². The number of aryl methyl sites for hydroxylation is 1. The summed E-state index contributed by atoms with van der Waals surface area (Å²) in [7, 11) is 0. The molecule has 2 aromatic rings. The lowest BCUT2D eigenvalue weighted by Gasteiger charge is -2.17. The summed E-state index contributed by atoms with van der Waals surface area (Å²) >= 11 is 0. The van der Waals surface area contributed by atoms with Crippen LogP contribution in [0.1, 0.15) is 44.2 Å². The van der Waals surface area contributed by atoms with Gasteiger partial charge in [0.1, 0.15) is 18.0 Å². The van der Waals surface area contributed by atoms with Gasteiger partial charge in [-0.2, -0.15) is 0 Å². The third-order valence-electron chi connectivity index (χ3n) is 3.32. The fourth-order valence-corrected chi connectivity index (χ4v) is 2.43. The van der Waals surface area contributed by atoms with Gasteiger partial charge in [-0.05, 0) is 43.0 Å².